The summed E-state index contributed by atoms with van der Waals surface area (Å²) in [4.78, 5) is 22.5. The number of nitrogens with one attached hydrogen (secondary N) is 2. The maximum Gasteiger partial charge on any atom is 0.245 e. The minimum Gasteiger partial charge on any atom is -0.439 e. The van der Waals surface area contributed by atoms with Gasteiger partial charge >= 0.3 is 0 Å². The summed E-state index contributed by atoms with van der Waals surface area (Å²) in [6, 6.07) is 1.42. The molecule has 0 saturated heterocycles. The highest BCUT2D eigenvalue weighted by Crippen LogP contribution is 2.31. The first kappa shape index (κ1) is 19.3. The summed E-state index contributed by atoms with van der Waals surface area (Å²) in [5, 5.41) is 10.3. The Kier molecular flexibility index (Phi) is 6.22. The fourth-order valence-electron chi connectivity index (χ4n) is 2.18. The molecule has 1 aromatic carbocycles. The zero-order chi connectivity index (χ0) is 18.6. The monoisotopic (exact) mass is 335 g/mol. The van der Waals surface area contributed by atoms with Crippen LogP contribution in [0.2, 0.25) is 0 Å². The molecule has 0 aromatic heterocycles. The molecule has 0 radical (unpaired) electrons. The molecule has 1 rings (SSSR count). The smallest absolute Gasteiger partial charge is 0.245 e. The first-order valence-electron chi connectivity index (χ1n) is 7.39. The van der Waals surface area contributed by atoms with Crippen molar-refractivity contribution in [1.29, 1.82) is 5.41 Å². The van der Waals surface area contributed by atoms with Crippen molar-refractivity contribution in [2.45, 2.75) is 34.6 Å². The lowest BCUT2D eigenvalue weighted by Gasteiger charge is -2.15. The van der Waals surface area contributed by atoms with Gasteiger partial charge in [0.25, 0.3) is 0 Å². The number of halogens is 1. The standard InChI is InChI=1S/C17H22FN3O3/c1-8(2)12(17(20)23)7-14(19)24-16-9(3)6-13(21-11(5)22)15(18)10(16)4/h6-8,19H,1-5H3,(H2,20,23)(H,21,22)/b12-7-,19-14?. The average Bonchev–Trinajstić information content (AvgIpc) is 2.45. The van der Waals surface area contributed by atoms with Gasteiger partial charge in [0.05, 0.1) is 5.69 Å². The van der Waals surface area contributed by atoms with Crippen molar-refractivity contribution >= 4 is 23.4 Å². The minimum atomic E-state index is -0.640. The van der Waals surface area contributed by atoms with E-state index in [9.17, 15) is 14.0 Å². The Morgan fingerprint density at radius 2 is 1.96 bits per heavy atom. The molecule has 0 unspecified atom stereocenters. The lowest BCUT2D eigenvalue weighted by Crippen LogP contribution is -2.20. The Labute approximate surface area is 140 Å². The number of carbonyl (C=O) groups is 2. The van der Waals surface area contributed by atoms with E-state index in [-0.39, 0.29) is 40.3 Å². The predicted molar refractivity (Wildman–Crippen MR) is 90.6 cm³/mol. The molecule has 6 nitrogen and oxygen atoms in total. The summed E-state index contributed by atoms with van der Waals surface area (Å²) in [5.74, 6) is -2.00. The Morgan fingerprint density at radius 3 is 2.42 bits per heavy atom. The van der Waals surface area contributed by atoms with Crippen molar-refractivity contribution in [2.75, 3.05) is 5.32 Å². The largest absolute Gasteiger partial charge is 0.439 e. The van der Waals surface area contributed by atoms with E-state index in [2.05, 4.69) is 5.32 Å². The Morgan fingerprint density at radius 1 is 1.38 bits per heavy atom. The molecule has 0 bridgehead atoms. The molecular weight excluding hydrogens is 313 g/mol. The highest BCUT2D eigenvalue weighted by molar-refractivity contribution is 6.00. The Bertz CT molecular complexity index is 724. The molecule has 0 atom stereocenters. The number of carbonyl (C=O) groups excluding carboxylic acids is 2. The first-order chi connectivity index (χ1) is 11.0. The minimum absolute atomic E-state index is 0.0481. The number of benzene rings is 1. The summed E-state index contributed by atoms with van der Waals surface area (Å²) < 4.78 is 19.7. The number of aryl methyl sites for hydroxylation is 1. The molecule has 130 valence electrons. The van der Waals surface area contributed by atoms with Crippen LogP contribution in [0.15, 0.2) is 17.7 Å². The van der Waals surface area contributed by atoms with Crippen molar-refractivity contribution in [1.82, 2.24) is 0 Å². The van der Waals surface area contributed by atoms with Gasteiger partial charge in [-0.2, -0.15) is 0 Å². The number of hydrogen-bond acceptors (Lipinski definition) is 4. The summed E-state index contributed by atoms with van der Waals surface area (Å²) >= 11 is 0. The number of nitrogens with two attached hydrogens (primary N) is 1. The highest BCUT2D eigenvalue weighted by atomic mass is 19.1. The van der Waals surface area contributed by atoms with Gasteiger partial charge in [0, 0.05) is 24.1 Å². The van der Waals surface area contributed by atoms with Crippen LogP contribution in [-0.4, -0.2) is 17.7 Å². The summed E-state index contributed by atoms with van der Waals surface area (Å²) in [6.45, 7) is 7.97. The van der Waals surface area contributed by atoms with Gasteiger partial charge in [-0.3, -0.25) is 15.0 Å². The second kappa shape index (κ2) is 7.72. The second-order valence-electron chi connectivity index (χ2n) is 5.78. The Hall–Kier alpha value is -2.70. The number of hydrogen-bond donors (Lipinski definition) is 3. The third-order valence-corrected chi connectivity index (χ3v) is 3.34. The molecule has 0 spiro atoms. The van der Waals surface area contributed by atoms with Crippen LogP contribution in [0.1, 0.15) is 31.9 Å². The van der Waals surface area contributed by atoms with Crippen molar-refractivity contribution in [3.05, 3.63) is 34.7 Å². The SMILES string of the molecule is CC(=O)Nc1cc(C)c(OC(=N)/C=C(\C(N)=O)C(C)C)c(C)c1F. The first-order valence-corrected chi connectivity index (χ1v) is 7.39. The van der Waals surface area contributed by atoms with E-state index < -0.39 is 11.7 Å². The molecule has 2 amide bonds. The molecule has 0 saturated carbocycles. The Balaban J connectivity index is 3.18. The molecule has 0 aliphatic rings. The zero-order valence-corrected chi connectivity index (χ0v) is 14.4. The average molecular weight is 335 g/mol. The molecule has 7 heteroatoms. The van der Waals surface area contributed by atoms with Crippen LogP contribution >= 0.6 is 0 Å². The third kappa shape index (κ3) is 4.65. The zero-order valence-electron chi connectivity index (χ0n) is 14.4. The number of amides is 2. The molecule has 0 heterocycles. The van der Waals surface area contributed by atoms with Crippen LogP contribution in [0.3, 0.4) is 0 Å². The van der Waals surface area contributed by atoms with Gasteiger partial charge in [0.1, 0.15) is 5.75 Å². The van der Waals surface area contributed by atoms with Crippen molar-refractivity contribution in [2.24, 2.45) is 11.7 Å². The molecule has 0 aliphatic heterocycles. The van der Waals surface area contributed by atoms with Crippen LogP contribution in [0.5, 0.6) is 5.75 Å². The van der Waals surface area contributed by atoms with E-state index in [1.165, 1.54) is 26.0 Å². The molecule has 0 aliphatic carbocycles. The van der Waals surface area contributed by atoms with Crippen LogP contribution in [0, 0.1) is 31.0 Å². The maximum absolute atomic E-state index is 14.3. The predicted octanol–water partition coefficient (Wildman–Crippen LogP) is 2.82. The van der Waals surface area contributed by atoms with E-state index in [0.717, 1.165) is 0 Å². The maximum atomic E-state index is 14.3. The summed E-state index contributed by atoms with van der Waals surface area (Å²) in [6.07, 6.45) is 1.23. The van der Waals surface area contributed by atoms with Gasteiger partial charge in [-0.05, 0) is 31.4 Å². The number of anilines is 1. The molecule has 24 heavy (non-hydrogen) atoms. The van der Waals surface area contributed by atoms with Gasteiger partial charge < -0.3 is 15.8 Å². The van der Waals surface area contributed by atoms with Gasteiger partial charge in [0.15, 0.2) is 5.82 Å². The van der Waals surface area contributed by atoms with E-state index in [4.69, 9.17) is 15.9 Å². The lowest BCUT2D eigenvalue weighted by atomic mass is 10.0. The second-order valence-corrected chi connectivity index (χ2v) is 5.78. The molecule has 4 N–H and O–H groups in total. The third-order valence-electron chi connectivity index (χ3n) is 3.34. The van der Waals surface area contributed by atoms with Crippen LogP contribution < -0.4 is 15.8 Å². The molecular formula is C17H22FN3O3. The van der Waals surface area contributed by atoms with Gasteiger partial charge in [-0.25, -0.2) is 4.39 Å². The van der Waals surface area contributed by atoms with Crippen LogP contribution in [0.25, 0.3) is 0 Å². The van der Waals surface area contributed by atoms with E-state index in [1.54, 1.807) is 20.8 Å². The van der Waals surface area contributed by atoms with Crippen LogP contribution in [0.4, 0.5) is 10.1 Å². The molecule has 1 aromatic rings. The van der Waals surface area contributed by atoms with Gasteiger partial charge in [-0.1, -0.05) is 13.8 Å². The van der Waals surface area contributed by atoms with E-state index in [1.807, 2.05) is 0 Å². The summed E-state index contributed by atoms with van der Waals surface area (Å²) in [5.41, 5.74) is 6.26. The number of ether oxygens (including phenoxy) is 1. The quantitative estimate of drug-likeness (QED) is 0.437. The topological polar surface area (TPSA) is 105 Å². The van der Waals surface area contributed by atoms with E-state index in [0.29, 0.717) is 5.56 Å². The van der Waals surface area contributed by atoms with Gasteiger partial charge in [0.2, 0.25) is 17.7 Å². The number of rotatable bonds is 5. The lowest BCUT2D eigenvalue weighted by molar-refractivity contribution is -0.115. The van der Waals surface area contributed by atoms with Crippen LogP contribution in [-0.2, 0) is 9.59 Å². The van der Waals surface area contributed by atoms with Crippen molar-refractivity contribution in [3.8, 4) is 5.75 Å². The van der Waals surface area contributed by atoms with Crippen molar-refractivity contribution < 1.29 is 18.7 Å². The van der Waals surface area contributed by atoms with E-state index >= 15 is 0 Å². The van der Waals surface area contributed by atoms with Crippen molar-refractivity contribution in [3.63, 3.8) is 0 Å². The highest BCUT2D eigenvalue weighted by Gasteiger charge is 2.17. The van der Waals surface area contributed by atoms with Gasteiger partial charge in [-0.15, -0.1) is 0 Å². The summed E-state index contributed by atoms with van der Waals surface area (Å²) in [7, 11) is 0. The fourth-order valence-corrected chi connectivity index (χ4v) is 2.18. The molecule has 0 fully saturated rings. The number of primary amides is 1. The normalized spacial score (nSPS) is 11.4. The fraction of sp³-hybridized carbons (Fsp3) is 0.353.